The lowest BCUT2D eigenvalue weighted by atomic mass is 10.0. The molecule has 0 heterocycles. The normalized spacial score (nSPS) is 10.4. The molecule has 1 N–H and O–H groups in total. The Labute approximate surface area is 147 Å². The molecule has 0 aliphatic heterocycles. The van der Waals surface area contributed by atoms with Crippen molar-refractivity contribution in [1.29, 1.82) is 0 Å². The summed E-state index contributed by atoms with van der Waals surface area (Å²) in [6.45, 7) is 1.93. The second-order valence-electron chi connectivity index (χ2n) is 5.75. The fraction of sp³-hybridized carbons (Fsp3) is 0.0952. The van der Waals surface area contributed by atoms with Gasteiger partial charge in [-0.3, -0.25) is 4.79 Å². The second-order valence-corrected chi connectivity index (χ2v) is 6.18. The number of benzene rings is 3. The number of aryl methyl sites for hydroxylation is 1. The first-order valence-electron chi connectivity index (χ1n) is 7.82. The van der Waals surface area contributed by atoms with Gasteiger partial charge in [0.2, 0.25) is 5.91 Å². The maximum Gasteiger partial charge on any atom is 0.228 e. The molecule has 120 valence electrons. The highest BCUT2D eigenvalue weighted by molar-refractivity contribution is 6.30. The summed E-state index contributed by atoms with van der Waals surface area (Å²) in [6.07, 6.45) is 0.344. The molecule has 3 aromatic rings. The largest absolute Gasteiger partial charge is 0.326 e. The van der Waals surface area contributed by atoms with Crippen LogP contribution in [0, 0.1) is 6.92 Å². The van der Waals surface area contributed by atoms with Crippen molar-refractivity contribution in [3.8, 4) is 11.1 Å². The molecule has 0 saturated heterocycles. The summed E-state index contributed by atoms with van der Waals surface area (Å²) in [4.78, 5) is 12.2. The molecule has 0 bridgehead atoms. The van der Waals surface area contributed by atoms with Gasteiger partial charge in [-0.2, -0.15) is 0 Å². The number of rotatable bonds is 4. The number of carbonyl (C=O) groups is 1. The molecule has 0 saturated carbocycles. The van der Waals surface area contributed by atoms with Crippen LogP contribution < -0.4 is 5.32 Å². The van der Waals surface area contributed by atoms with Gasteiger partial charge in [-0.1, -0.05) is 66.2 Å². The molecule has 24 heavy (non-hydrogen) atoms. The maximum atomic E-state index is 12.2. The van der Waals surface area contributed by atoms with Gasteiger partial charge in [-0.25, -0.2) is 0 Å². The minimum atomic E-state index is -0.0344. The molecule has 0 spiro atoms. The Balaban J connectivity index is 1.66. The van der Waals surface area contributed by atoms with Crippen molar-refractivity contribution >= 4 is 23.2 Å². The van der Waals surface area contributed by atoms with E-state index in [2.05, 4.69) is 17.4 Å². The molecule has 0 unspecified atom stereocenters. The Kier molecular flexibility index (Phi) is 4.97. The van der Waals surface area contributed by atoms with Gasteiger partial charge in [0.1, 0.15) is 0 Å². The zero-order valence-corrected chi connectivity index (χ0v) is 14.2. The number of hydrogen-bond acceptors (Lipinski definition) is 1. The lowest BCUT2D eigenvalue weighted by Crippen LogP contribution is -2.15. The molecule has 3 heteroatoms. The smallest absolute Gasteiger partial charge is 0.228 e. The van der Waals surface area contributed by atoms with Gasteiger partial charge >= 0.3 is 0 Å². The summed E-state index contributed by atoms with van der Waals surface area (Å²) in [5.41, 5.74) is 5.05. The average molecular weight is 336 g/mol. The minimum absolute atomic E-state index is 0.0344. The number of carbonyl (C=O) groups excluding carboxylic acids is 1. The molecule has 3 rings (SSSR count). The van der Waals surface area contributed by atoms with Gasteiger partial charge in [-0.15, -0.1) is 0 Å². The van der Waals surface area contributed by atoms with E-state index in [4.69, 9.17) is 11.6 Å². The first-order valence-corrected chi connectivity index (χ1v) is 8.20. The summed E-state index contributed by atoms with van der Waals surface area (Å²) in [6, 6.07) is 23.7. The van der Waals surface area contributed by atoms with E-state index in [9.17, 15) is 4.79 Å². The lowest BCUT2D eigenvalue weighted by molar-refractivity contribution is -0.115. The summed E-state index contributed by atoms with van der Waals surface area (Å²) >= 11 is 5.94. The van der Waals surface area contributed by atoms with Crippen LogP contribution in [0.3, 0.4) is 0 Å². The predicted octanol–water partition coefficient (Wildman–Crippen LogP) is 5.50. The summed E-state index contributed by atoms with van der Waals surface area (Å²) < 4.78 is 0. The van der Waals surface area contributed by atoms with Crippen LogP contribution in [0.15, 0.2) is 72.8 Å². The summed E-state index contributed by atoms with van der Waals surface area (Å²) in [5.74, 6) is -0.0344. The second kappa shape index (κ2) is 7.33. The monoisotopic (exact) mass is 335 g/mol. The lowest BCUT2D eigenvalue weighted by Gasteiger charge is -2.09. The minimum Gasteiger partial charge on any atom is -0.326 e. The Hall–Kier alpha value is -2.58. The fourth-order valence-corrected chi connectivity index (χ4v) is 2.82. The molecule has 0 aliphatic rings. The average Bonchev–Trinajstić information content (AvgIpc) is 2.59. The molecule has 0 atom stereocenters. The molecule has 0 aliphatic carbocycles. The van der Waals surface area contributed by atoms with E-state index in [1.807, 2.05) is 61.5 Å². The highest BCUT2D eigenvalue weighted by atomic mass is 35.5. The van der Waals surface area contributed by atoms with Crippen molar-refractivity contribution in [1.82, 2.24) is 0 Å². The van der Waals surface area contributed by atoms with E-state index >= 15 is 0 Å². The number of anilines is 1. The quantitative estimate of drug-likeness (QED) is 0.670. The third kappa shape index (κ3) is 4.03. The number of nitrogens with one attached hydrogen (secondary N) is 1. The first kappa shape index (κ1) is 16.3. The van der Waals surface area contributed by atoms with E-state index in [1.165, 1.54) is 5.56 Å². The van der Waals surface area contributed by atoms with Crippen molar-refractivity contribution < 1.29 is 4.79 Å². The highest BCUT2D eigenvalue weighted by Gasteiger charge is 2.07. The van der Waals surface area contributed by atoms with Crippen LogP contribution in [-0.2, 0) is 11.2 Å². The molecule has 0 aromatic heterocycles. The molecule has 3 aromatic carbocycles. The van der Waals surface area contributed by atoms with Crippen molar-refractivity contribution in [2.75, 3.05) is 5.32 Å². The van der Waals surface area contributed by atoms with Crippen LogP contribution in [0.5, 0.6) is 0 Å². The van der Waals surface area contributed by atoms with Gasteiger partial charge in [-0.05, 0) is 47.4 Å². The maximum absolute atomic E-state index is 12.2. The van der Waals surface area contributed by atoms with Crippen LogP contribution in [0.25, 0.3) is 11.1 Å². The SMILES string of the molecule is Cc1cc(Cl)ccc1NC(=O)Cc1ccc(-c2ccccc2)cc1. The Bertz CT molecular complexity index is 841. The molecule has 2 nitrogen and oxygen atoms in total. The first-order chi connectivity index (χ1) is 11.6. The van der Waals surface area contributed by atoms with Crippen molar-refractivity contribution in [2.45, 2.75) is 13.3 Å². The predicted molar refractivity (Wildman–Crippen MR) is 100 cm³/mol. The van der Waals surface area contributed by atoms with E-state index in [0.29, 0.717) is 11.4 Å². The standard InChI is InChI=1S/C21H18ClNO/c1-15-13-19(22)11-12-20(15)23-21(24)14-16-7-9-18(10-8-16)17-5-3-2-4-6-17/h2-13H,14H2,1H3,(H,23,24). The number of hydrogen-bond donors (Lipinski definition) is 1. The molecule has 0 fully saturated rings. The zero-order valence-electron chi connectivity index (χ0n) is 13.4. The molecular weight excluding hydrogens is 318 g/mol. The summed E-state index contributed by atoms with van der Waals surface area (Å²) in [7, 11) is 0. The summed E-state index contributed by atoms with van der Waals surface area (Å²) in [5, 5.41) is 3.60. The van der Waals surface area contributed by atoms with E-state index in [0.717, 1.165) is 22.4 Å². The third-order valence-electron chi connectivity index (χ3n) is 3.89. The van der Waals surface area contributed by atoms with Crippen LogP contribution in [-0.4, -0.2) is 5.91 Å². The topological polar surface area (TPSA) is 29.1 Å². The van der Waals surface area contributed by atoms with E-state index in [1.54, 1.807) is 6.07 Å². The molecule has 0 radical (unpaired) electrons. The van der Waals surface area contributed by atoms with Gasteiger partial charge < -0.3 is 5.32 Å². The van der Waals surface area contributed by atoms with Crippen molar-refractivity contribution in [2.24, 2.45) is 0 Å². The van der Waals surface area contributed by atoms with Gasteiger partial charge in [0.15, 0.2) is 0 Å². The van der Waals surface area contributed by atoms with Gasteiger partial charge in [0.25, 0.3) is 0 Å². The van der Waals surface area contributed by atoms with E-state index < -0.39 is 0 Å². The van der Waals surface area contributed by atoms with Crippen LogP contribution >= 0.6 is 11.6 Å². The fourth-order valence-electron chi connectivity index (χ4n) is 2.59. The van der Waals surface area contributed by atoms with Crippen LogP contribution in [0.4, 0.5) is 5.69 Å². The zero-order chi connectivity index (χ0) is 16.9. The molecular formula is C21H18ClNO. The van der Waals surface area contributed by atoms with Gasteiger partial charge in [0, 0.05) is 10.7 Å². The Morgan fingerprint density at radius 2 is 1.58 bits per heavy atom. The molecule has 1 amide bonds. The van der Waals surface area contributed by atoms with Crippen molar-refractivity contribution in [3.05, 3.63) is 88.9 Å². The van der Waals surface area contributed by atoms with Crippen LogP contribution in [0.1, 0.15) is 11.1 Å². The Morgan fingerprint density at radius 1 is 0.917 bits per heavy atom. The number of amides is 1. The van der Waals surface area contributed by atoms with E-state index in [-0.39, 0.29) is 5.91 Å². The van der Waals surface area contributed by atoms with Crippen molar-refractivity contribution in [3.63, 3.8) is 0 Å². The van der Waals surface area contributed by atoms with Gasteiger partial charge in [0.05, 0.1) is 6.42 Å². The van der Waals surface area contributed by atoms with Crippen LogP contribution in [0.2, 0.25) is 5.02 Å². The third-order valence-corrected chi connectivity index (χ3v) is 4.12. The number of halogens is 1. The highest BCUT2D eigenvalue weighted by Crippen LogP contribution is 2.21. The Morgan fingerprint density at radius 3 is 2.25 bits per heavy atom.